The van der Waals surface area contributed by atoms with Crippen molar-refractivity contribution in [3.8, 4) is 0 Å². The van der Waals surface area contributed by atoms with Crippen molar-refractivity contribution in [3.63, 3.8) is 0 Å². The zero-order valence-corrected chi connectivity index (χ0v) is 13.5. The first kappa shape index (κ1) is 16.0. The quantitative estimate of drug-likeness (QED) is 0.733. The van der Waals surface area contributed by atoms with E-state index in [-0.39, 0.29) is 12.1 Å². The van der Waals surface area contributed by atoms with Crippen LogP contribution in [0.3, 0.4) is 0 Å². The normalized spacial score (nSPS) is 27.4. The fourth-order valence-electron chi connectivity index (χ4n) is 3.04. The van der Waals surface area contributed by atoms with E-state index in [1.165, 1.54) is 0 Å². The molecule has 5 nitrogen and oxygen atoms in total. The van der Waals surface area contributed by atoms with E-state index in [4.69, 9.17) is 4.74 Å². The van der Waals surface area contributed by atoms with Crippen molar-refractivity contribution < 1.29 is 14.3 Å². The topological polar surface area (TPSA) is 49.9 Å². The van der Waals surface area contributed by atoms with Gasteiger partial charge in [0.25, 0.3) is 0 Å². The Labute approximate surface area is 126 Å². The van der Waals surface area contributed by atoms with Crippen molar-refractivity contribution in [1.29, 1.82) is 0 Å². The molecule has 2 atom stereocenters. The van der Waals surface area contributed by atoms with Gasteiger partial charge < -0.3 is 9.64 Å². The minimum atomic E-state index is -0.454. The third kappa shape index (κ3) is 4.06. The molecule has 118 valence electrons. The molecule has 0 aromatic heterocycles. The molecule has 1 amide bonds. The van der Waals surface area contributed by atoms with Gasteiger partial charge in [-0.1, -0.05) is 6.08 Å². The van der Waals surface area contributed by atoms with Crippen LogP contribution in [0, 0.1) is 0 Å². The number of carbonyl (C=O) groups excluding carboxylic acids is 2. The van der Waals surface area contributed by atoms with Gasteiger partial charge in [-0.15, -0.1) is 0 Å². The van der Waals surface area contributed by atoms with E-state index >= 15 is 0 Å². The Morgan fingerprint density at radius 3 is 2.62 bits per heavy atom. The lowest BCUT2D eigenvalue weighted by molar-refractivity contribution is -0.105. The highest BCUT2D eigenvalue weighted by atomic mass is 16.6. The molecular weight excluding hydrogens is 268 g/mol. The van der Waals surface area contributed by atoms with Gasteiger partial charge in [0.05, 0.1) is 0 Å². The monoisotopic (exact) mass is 294 g/mol. The predicted molar refractivity (Wildman–Crippen MR) is 81.1 cm³/mol. The first-order valence-corrected chi connectivity index (χ1v) is 7.69. The number of amides is 1. The SMILES string of the molecule is C[C@@H]1CN(C(=O)OC(C)(C)C)CCN1[C@H]1C=C(C=O)CC1. The van der Waals surface area contributed by atoms with Crippen molar-refractivity contribution in [2.75, 3.05) is 19.6 Å². The van der Waals surface area contributed by atoms with E-state index in [2.05, 4.69) is 17.9 Å². The Hall–Kier alpha value is -1.36. The van der Waals surface area contributed by atoms with Crippen LogP contribution in [-0.4, -0.2) is 59.5 Å². The van der Waals surface area contributed by atoms with E-state index in [0.717, 1.165) is 31.2 Å². The van der Waals surface area contributed by atoms with Gasteiger partial charge in [0.2, 0.25) is 0 Å². The molecule has 0 aromatic carbocycles. The van der Waals surface area contributed by atoms with Gasteiger partial charge in [0, 0.05) is 31.7 Å². The Morgan fingerprint density at radius 1 is 1.38 bits per heavy atom. The number of rotatable bonds is 2. The lowest BCUT2D eigenvalue weighted by Crippen LogP contribution is -2.56. The lowest BCUT2D eigenvalue weighted by atomic mass is 10.1. The predicted octanol–water partition coefficient (Wildman–Crippen LogP) is 2.22. The summed E-state index contributed by atoms with van der Waals surface area (Å²) in [7, 11) is 0. The van der Waals surface area contributed by atoms with Crippen LogP contribution >= 0.6 is 0 Å². The molecular formula is C16H26N2O3. The molecule has 0 unspecified atom stereocenters. The first-order valence-electron chi connectivity index (χ1n) is 7.69. The van der Waals surface area contributed by atoms with Crippen molar-refractivity contribution in [2.45, 2.75) is 58.2 Å². The minimum absolute atomic E-state index is 0.232. The summed E-state index contributed by atoms with van der Waals surface area (Å²) in [5.41, 5.74) is 0.451. The average Bonchev–Trinajstić information content (AvgIpc) is 2.85. The minimum Gasteiger partial charge on any atom is -0.444 e. The number of piperazine rings is 1. The second kappa shape index (κ2) is 6.18. The van der Waals surface area contributed by atoms with Crippen LogP contribution < -0.4 is 0 Å². The number of ether oxygens (including phenoxy) is 1. The second-order valence-corrected chi connectivity index (χ2v) is 6.98. The fourth-order valence-corrected chi connectivity index (χ4v) is 3.04. The van der Waals surface area contributed by atoms with E-state index in [0.29, 0.717) is 19.1 Å². The van der Waals surface area contributed by atoms with Crippen molar-refractivity contribution in [2.24, 2.45) is 0 Å². The molecule has 0 N–H and O–H groups in total. The van der Waals surface area contributed by atoms with Gasteiger partial charge in [-0.2, -0.15) is 0 Å². The molecule has 0 radical (unpaired) electrons. The van der Waals surface area contributed by atoms with Crippen LogP contribution in [0.1, 0.15) is 40.5 Å². The van der Waals surface area contributed by atoms with Gasteiger partial charge in [-0.3, -0.25) is 9.69 Å². The van der Waals surface area contributed by atoms with Crippen LogP contribution in [0.2, 0.25) is 0 Å². The first-order chi connectivity index (χ1) is 9.80. The largest absolute Gasteiger partial charge is 0.444 e. The molecule has 21 heavy (non-hydrogen) atoms. The molecule has 0 spiro atoms. The maximum atomic E-state index is 12.1. The summed E-state index contributed by atoms with van der Waals surface area (Å²) in [6.45, 7) is 9.96. The van der Waals surface area contributed by atoms with Crippen LogP contribution in [0.4, 0.5) is 4.79 Å². The Morgan fingerprint density at radius 2 is 2.10 bits per heavy atom. The fraction of sp³-hybridized carbons (Fsp3) is 0.750. The molecule has 0 bridgehead atoms. The highest BCUT2D eigenvalue weighted by molar-refractivity contribution is 5.74. The van der Waals surface area contributed by atoms with Gasteiger partial charge in [0.1, 0.15) is 11.9 Å². The summed E-state index contributed by atoms with van der Waals surface area (Å²) >= 11 is 0. The number of aldehydes is 1. The molecule has 1 saturated heterocycles. The van der Waals surface area contributed by atoms with Crippen molar-refractivity contribution >= 4 is 12.4 Å². The molecule has 2 rings (SSSR count). The number of hydrogen-bond donors (Lipinski definition) is 0. The molecule has 1 aliphatic carbocycles. The van der Waals surface area contributed by atoms with Gasteiger partial charge in [0.15, 0.2) is 0 Å². The Balaban J connectivity index is 1.92. The number of allylic oxidation sites excluding steroid dienone is 1. The van der Waals surface area contributed by atoms with Crippen LogP contribution in [0.15, 0.2) is 11.6 Å². The third-order valence-corrected chi connectivity index (χ3v) is 4.04. The molecule has 0 saturated carbocycles. The lowest BCUT2D eigenvalue weighted by Gasteiger charge is -2.42. The molecule has 5 heteroatoms. The van der Waals surface area contributed by atoms with Crippen LogP contribution in [0.5, 0.6) is 0 Å². The molecule has 2 aliphatic rings. The maximum Gasteiger partial charge on any atom is 0.410 e. The van der Waals surface area contributed by atoms with Gasteiger partial charge in [-0.25, -0.2) is 4.79 Å². The van der Waals surface area contributed by atoms with Gasteiger partial charge in [-0.05, 0) is 46.1 Å². The van der Waals surface area contributed by atoms with Crippen LogP contribution in [-0.2, 0) is 9.53 Å². The standard InChI is InChI=1S/C16H26N2O3/c1-12-10-17(15(20)21-16(2,3)4)7-8-18(12)14-6-5-13(9-14)11-19/h9,11-12,14H,5-8,10H2,1-4H3/t12-,14-/m1/s1. The summed E-state index contributed by atoms with van der Waals surface area (Å²) in [5.74, 6) is 0. The summed E-state index contributed by atoms with van der Waals surface area (Å²) in [4.78, 5) is 27.1. The zero-order valence-electron chi connectivity index (χ0n) is 13.5. The van der Waals surface area contributed by atoms with E-state index in [9.17, 15) is 9.59 Å². The average molecular weight is 294 g/mol. The number of nitrogens with zero attached hydrogens (tertiary/aromatic N) is 2. The van der Waals surface area contributed by atoms with E-state index in [1.54, 1.807) is 4.90 Å². The Bertz CT molecular complexity index is 439. The van der Waals surface area contributed by atoms with Crippen molar-refractivity contribution in [1.82, 2.24) is 9.80 Å². The summed E-state index contributed by atoms with van der Waals surface area (Å²) in [6, 6.07) is 0.611. The highest BCUT2D eigenvalue weighted by Gasteiger charge is 2.33. The Kier molecular flexibility index (Phi) is 4.71. The molecule has 0 aromatic rings. The van der Waals surface area contributed by atoms with Crippen molar-refractivity contribution in [3.05, 3.63) is 11.6 Å². The summed E-state index contributed by atoms with van der Waals surface area (Å²) in [6.07, 6.45) is 4.68. The number of carbonyl (C=O) groups is 2. The molecule has 1 heterocycles. The van der Waals surface area contributed by atoms with E-state index in [1.807, 2.05) is 20.8 Å². The second-order valence-electron chi connectivity index (χ2n) is 6.98. The zero-order chi connectivity index (χ0) is 15.6. The van der Waals surface area contributed by atoms with Gasteiger partial charge >= 0.3 is 6.09 Å². The third-order valence-electron chi connectivity index (χ3n) is 4.04. The highest BCUT2D eigenvalue weighted by Crippen LogP contribution is 2.25. The van der Waals surface area contributed by atoms with Crippen LogP contribution in [0.25, 0.3) is 0 Å². The molecule has 1 aliphatic heterocycles. The maximum absolute atomic E-state index is 12.1. The smallest absolute Gasteiger partial charge is 0.410 e. The number of hydrogen-bond acceptors (Lipinski definition) is 4. The molecule has 1 fully saturated rings. The summed E-state index contributed by atoms with van der Waals surface area (Å²) < 4.78 is 5.43. The summed E-state index contributed by atoms with van der Waals surface area (Å²) in [5, 5.41) is 0. The van der Waals surface area contributed by atoms with E-state index < -0.39 is 5.60 Å².